The second kappa shape index (κ2) is 7.59. The molecule has 2 aliphatic rings. The van der Waals surface area contributed by atoms with Crippen LogP contribution in [0.15, 0.2) is 0 Å². The molecule has 1 saturated carbocycles. The van der Waals surface area contributed by atoms with Gasteiger partial charge in [0, 0.05) is 31.2 Å². The summed E-state index contributed by atoms with van der Waals surface area (Å²) in [6.07, 6.45) is 7.27. The van der Waals surface area contributed by atoms with E-state index in [0.717, 1.165) is 19.5 Å². The third-order valence-corrected chi connectivity index (χ3v) is 5.23. The fraction of sp³-hybridized carbons (Fsp3) is 0.941. The van der Waals surface area contributed by atoms with Crippen LogP contribution in [0.3, 0.4) is 0 Å². The first-order chi connectivity index (χ1) is 9.99. The van der Waals surface area contributed by atoms with E-state index in [1.165, 1.54) is 32.1 Å². The van der Waals surface area contributed by atoms with Gasteiger partial charge in [-0.2, -0.15) is 0 Å². The van der Waals surface area contributed by atoms with Gasteiger partial charge in [-0.1, -0.05) is 26.2 Å². The third kappa shape index (κ3) is 4.43. The van der Waals surface area contributed by atoms with Crippen molar-refractivity contribution in [1.82, 2.24) is 9.80 Å². The molecule has 0 aromatic heterocycles. The van der Waals surface area contributed by atoms with Gasteiger partial charge in [0.05, 0.1) is 6.54 Å². The molecule has 0 aromatic rings. The summed E-state index contributed by atoms with van der Waals surface area (Å²) in [4.78, 5) is 17.3. The molecule has 2 rings (SSSR count). The molecular weight excluding hydrogens is 262 g/mol. The number of likely N-dealkylation sites (tertiary alicyclic amines) is 1. The van der Waals surface area contributed by atoms with Crippen LogP contribution in [0, 0.1) is 5.92 Å². The van der Waals surface area contributed by atoms with Crippen molar-refractivity contribution in [3.05, 3.63) is 0 Å². The van der Waals surface area contributed by atoms with E-state index in [2.05, 4.69) is 30.6 Å². The Morgan fingerprint density at radius 1 is 1.24 bits per heavy atom. The molecule has 0 bridgehead atoms. The number of carbonyl (C=O) groups excluding carboxylic acids is 1. The van der Waals surface area contributed by atoms with Gasteiger partial charge in [-0.05, 0) is 39.0 Å². The van der Waals surface area contributed by atoms with Gasteiger partial charge in [0.15, 0.2) is 0 Å². The maximum absolute atomic E-state index is 12.8. The number of nitrogens with two attached hydrogens (primary N) is 1. The Kier molecular flexibility index (Phi) is 6.06. The van der Waals surface area contributed by atoms with Crippen LogP contribution in [-0.2, 0) is 4.79 Å². The minimum absolute atomic E-state index is 0.302. The largest absolute Gasteiger partial charge is 0.336 e. The first-order valence-corrected chi connectivity index (χ1v) is 8.78. The zero-order valence-electron chi connectivity index (χ0n) is 14.1. The Morgan fingerprint density at radius 2 is 1.90 bits per heavy atom. The molecular formula is C17H33N3O. The van der Waals surface area contributed by atoms with Gasteiger partial charge in [0.1, 0.15) is 0 Å². The van der Waals surface area contributed by atoms with Crippen LogP contribution in [0.25, 0.3) is 0 Å². The molecule has 2 fully saturated rings. The van der Waals surface area contributed by atoms with Crippen LogP contribution in [0.4, 0.5) is 0 Å². The molecule has 1 aliphatic carbocycles. The predicted octanol–water partition coefficient (Wildman–Crippen LogP) is 2.23. The van der Waals surface area contributed by atoms with Gasteiger partial charge in [0.25, 0.3) is 0 Å². The second-order valence-electron chi connectivity index (χ2n) is 7.35. The SMILES string of the molecule is CC1CN(CC(=O)N(C(C)C)C2CCCCC2)CCC1N. The lowest BCUT2D eigenvalue weighted by Crippen LogP contribution is -2.53. The summed E-state index contributed by atoms with van der Waals surface area (Å²) in [7, 11) is 0. The number of piperidine rings is 1. The van der Waals surface area contributed by atoms with Gasteiger partial charge >= 0.3 is 0 Å². The Balaban J connectivity index is 1.92. The molecule has 1 heterocycles. The zero-order chi connectivity index (χ0) is 15.4. The van der Waals surface area contributed by atoms with Crippen LogP contribution in [0.2, 0.25) is 0 Å². The summed E-state index contributed by atoms with van der Waals surface area (Å²) in [5, 5.41) is 0. The van der Waals surface area contributed by atoms with Gasteiger partial charge in [-0.25, -0.2) is 0 Å². The second-order valence-corrected chi connectivity index (χ2v) is 7.35. The maximum atomic E-state index is 12.8. The first-order valence-electron chi connectivity index (χ1n) is 8.78. The number of nitrogens with zero attached hydrogens (tertiary/aromatic N) is 2. The number of rotatable bonds is 4. The first kappa shape index (κ1) is 16.8. The quantitative estimate of drug-likeness (QED) is 0.865. The van der Waals surface area contributed by atoms with Crippen molar-refractivity contribution in [2.45, 2.75) is 77.4 Å². The van der Waals surface area contributed by atoms with E-state index >= 15 is 0 Å². The van der Waals surface area contributed by atoms with Crippen LogP contribution in [0.1, 0.15) is 59.3 Å². The van der Waals surface area contributed by atoms with E-state index in [1.54, 1.807) is 0 Å². The van der Waals surface area contributed by atoms with Crippen LogP contribution in [-0.4, -0.2) is 53.5 Å². The Bertz CT molecular complexity index is 339. The monoisotopic (exact) mass is 295 g/mol. The lowest BCUT2D eigenvalue weighted by molar-refractivity contribution is -0.138. The highest BCUT2D eigenvalue weighted by molar-refractivity contribution is 5.79. The number of amides is 1. The van der Waals surface area contributed by atoms with Gasteiger partial charge in [0.2, 0.25) is 5.91 Å². The average Bonchev–Trinajstić information content (AvgIpc) is 2.44. The Labute approximate surface area is 130 Å². The van der Waals surface area contributed by atoms with E-state index in [1.807, 2.05) is 0 Å². The molecule has 21 heavy (non-hydrogen) atoms. The number of carbonyl (C=O) groups is 1. The highest BCUT2D eigenvalue weighted by Gasteiger charge is 2.30. The fourth-order valence-corrected chi connectivity index (χ4v) is 3.94. The topological polar surface area (TPSA) is 49.6 Å². The summed E-state index contributed by atoms with van der Waals surface area (Å²) in [5.41, 5.74) is 6.07. The molecule has 0 aromatic carbocycles. The lowest BCUT2D eigenvalue weighted by Gasteiger charge is -2.40. The minimum Gasteiger partial charge on any atom is -0.336 e. The van der Waals surface area contributed by atoms with Crippen molar-refractivity contribution in [2.24, 2.45) is 11.7 Å². The van der Waals surface area contributed by atoms with Crippen molar-refractivity contribution in [3.8, 4) is 0 Å². The van der Waals surface area contributed by atoms with Crippen LogP contribution >= 0.6 is 0 Å². The summed E-state index contributed by atoms with van der Waals surface area (Å²) in [6.45, 7) is 9.01. The van der Waals surface area contributed by atoms with E-state index in [9.17, 15) is 4.79 Å². The normalized spacial score (nSPS) is 28.8. The third-order valence-electron chi connectivity index (χ3n) is 5.23. The molecule has 1 saturated heterocycles. The Morgan fingerprint density at radius 3 is 2.48 bits per heavy atom. The molecule has 1 amide bonds. The van der Waals surface area contributed by atoms with Crippen molar-refractivity contribution < 1.29 is 4.79 Å². The highest BCUT2D eigenvalue weighted by Crippen LogP contribution is 2.25. The van der Waals surface area contributed by atoms with Crippen LogP contribution in [0.5, 0.6) is 0 Å². The van der Waals surface area contributed by atoms with Gasteiger partial charge in [-0.15, -0.1) is 0 Å². The summed E-state index contributed by atoms with van der Waals surface area (Å²) in [5.74, 6) is 0.813. The van der Waals surface area contributed by atoms with E-state index in [4.69, 9.17) is 5.73 Å². The van der Waals surface area contributed by atoms with Crippen molar-refractivity contribution >= 4 is 5.91 Å². The molecule has 4 nitrogen and oxygen atoms in total. The molecule has 2 N–H and O–H groups in total. The fourth-order valence-electron chi connectivity index (χ4n) is 3.94. The van der Waals surface area contributed by atoms with Gasteiger partial charge < -0.3 is 10.6 Å². The van der Waals surface area contributed by atoms with E-state index < -0.39 is 0 Å². The van der Waals surface area contributed by atoms with Crippen LogP contribution < -0.4 is 5.73 Å². The number of hydrogen-bond donors (Lipinski definition) is 1. The molecule has 0 spiro atoms. The molecule has 4 heteroatoms. The summed E-state index contributed by atoms with van der Waals surface area (Å²) < 4.78 is 0. The Hall–Kier alpha value is -0.610. The zero-order valence-corrected chi connectivity index (χ0v) is 14.1. The van der Waals surface area contributed by atoms with Crippen molar-refractivity contribution in [2.75, 3.05) is 19.6 Å². The molecule has 1 aliphatic heterocycles. The smallest absolute Gasteiger partial charge is 0.237 e. The maximum Gasteiger partial charge on any atom is 0.237 e. The molecule has 122 valence electrons. The lowest BCUT2D eigenvalue weighted by atomic mass is 9.93. The van der Waals surface area contributed by atoms with Crippen molar-refractivity contribution in [3.63, 3.8) is 0 Å². The van der Waals surface area contributed by atoms with E-state index in [0.29, 0.717) is 36.5 Å². The van der Waals surface area contributed by atoms with E-state index in [-0.39, 0.29) is 0 Å². The van der Waals surface area contributed by atoms with Gasteiger partial charge in [-0.3, -0.25) is 9.69 Å². The average molecular weight is 295 g/mol. The van der Waals surface area contributed by atoms with Crippen molar-refractivity contribution in [1.29, 1.82) is 0 Å². The minimum atomic E-state index is 0.302. The summed E-state index contributed by atoms with van der Waals surface area (Å²) >= 11 is 0. The standard InChI is InChI=1S/C17H33N3O/c1-13(2)20(15-7-5-4-6-8-15)17(21)12-19-10-9-16(18)14(3)11-19/h13-16H,4-12,18H2,1-3H3. The molecule has 2 atom stereocenters. The predicted molar refractivity (Wildman–Crippen MR) is 87.1 cm³/mol. The summed E-state index contributed by atoms with van der Waals surface area (Å²) in [6, 6.07) is 1.08. The molecule has 0 radical (unpaired) electrons. The molecule has 2 unspecified atom stereocenters. The highest BCUT2D eigenvalue weighted by atomic mass is 16.2. The number of hydrogen-bond acceptors (Lipinski definition) is 3.